The first-order valence-electron chi connectivity index (χ1n) is 5.28. The fourth-order valence-electron chi connectivity index (χ4n) is 1.60. The Morgan fingerprint density at radius 1 is 1.12 bits per heavy atom. The standard InChI is InChI=1S/C14H12BrNO/c1-10-4-2-3-5-13(10)16-14-8-12(15)7-6-11(14)9-17/h2-9,16H,1H3. The van der Waals surface area contributed by atoms with Gasteiger partial charge in [0.05, 0.1) is 5.69 Å². The summed E-state index contributed by atoms with van der Waals surface area (Å²) in [5.74, 6) is 0. The number of rotatable bonds is 3. The molecule has 0 atom stereocenters. The number of hydrogen-bond donors (Lipinski definition) is 1. The summed E-state index contributed by atoms with van der Waals surface area (Å²) in [5, 5.41) is 3.27. The van der Waals surface area contributed by atoms with Gasteiger partial charge in [0.2, 0.25) is 0 Å². The van der Waals surface area contributed by atoms with Crippen molar-refractivity contribution in [3.05, 3.63) is 58.1 Å². The predicted molar refractivity (Wildman–Crippen MR) is 74.0 cm³/mol. The Hall–Kier alpha value is -1.61. The van der Waals surface area contributed by atoms with Crippen LogP contribution in [0.5, 0.6) is 0 Å². The Kier molecular flexibility index (Phi) is 3.59. The summed E-state index contributed by atoms with van der Waals surface area (Å²) in [4.78, 5) is 11.0. The molecular weight excluding hydrogens is 278 g/mol. The fourth-order valence-corrected chi connectivity index (χ4v) is 1.96. The highest BCUT2D eigenvalue weighted by Crippen LogP contribution is 2.25. The van der Waals surface area contributed by atoms with Crippen molar-refractivity contribution in [1.29, 1.82) is 0 Å². The van der Waals surface area contributed by atoms with Crippen LogP contribution in [0.2, 0.25) is 0 Å². The van der Waals surface area contributed by atoms with E-state index in [9.17, 15) is 4.79 Å². The number of carbonyl (C=O) groups excluding carboxylic acids is 1. The second-order valence-electron chi connectivity index (χ2n) is 3.79. The number of benzene rings is 2. The van der Waals surface area contributed by atoms with Crippen molar-refractivity contribution in [2.75, 3.05) is 5.32 Å². The molecule has 0 amide bonds. The highest BCUT2D eigenvalue weighted by atomic mass is 79.9. The largest absolute Gasteiger partial charge is 0.355 e. The van der Waals surface area contributed by atoms with Crippen LogP contribution in [-0.2, 0) is 0 Å². The molecule has 2 aromatic carbocycles. The van der Waals surface area contributed by atoms with E-state index in [1.165, 1.54) is 0 Å². The van der Waals surface area contributed by atoms with Gasteiger partial charge in [0.15, 0.2) is 6.29 Å². The normalized spacial score (nSPS) is 10.0. The Bertz CT molecular complexity index is 552. The molecule has 0 aromatic heterocycles. The molecule has 3 heteroatoms. The van der Waals surface area contributed by atoms with Gasteiger partial charge < -0.3 is 5.32 Å². The smallest absolute Gasteiger partial charge is 0.152 e. The van der Waals surface area contributed by atoms with Gasteiger partial charge in [-0.2, -0.15) is 0 Å². The van der Waals surface area contributed by atoms with E-state index in [2.05, 4.69) is 21.2 Å². The summed E-state index contributed by atoms with van der Waals surface area (Å²) in [6.07, 6.45) is 0.854. The van der Waals surface area contributed by atoms with Crippen LogP contribution < -0.4 is 5.32 Å². The van der Waals surface area contributed by atoms with Crippen LogP contribution in [0.25, 0.3) is 0 Å². The summed E-state index contributed by atoms with van der Waals surface area (Å²) < 4.78 is 0.944. The van der Waals surface area contributed by atoms with Gasteiger partial charge in [-0.05, 0) is 36.8 Å². The second-order valence-corrected chi connectivity index (χ2v) is 4.71. The molecular formula is C14H12BrNO. The van der Waals surface area contributed by atoms with Gasteiger partial charge in [0, 0.05) is 15.7 Å². The zero-order chi connectivity index (χ0) is 12.3. The average Bonchev–Trinajstić information content (AvgIpc) is 2.32. The number of aryl methyl sites for hydroxylation is 1. The molecule has 0 aliphatic carbocycles. The Balaban J connectivity index is 2.39. The van der Waals surface area contributed by atoms with Gasteiger partial charge >= 0.3 is 0 Å². The van der Waals surface area contributed by atoms with Crippen LogP contribution >= 0.6 is 15.9 Å². The molecule has 1 N–H and O–H groups in total. The number of halogens is 1. The number of hydrogen-bond acceptors (Lipinski definition) is 2. The summed E-state index contributed by atoms with van der Waals surface area (Å²) in [5.41, 5.74) is 3.61. The minimum absolute atomic E-state index is 0.649. The maximum Gasteiger partial charge on any atom is 0.152 e. The van der Waals surface area contributed by atoms with Crippen molar-refractivity contribution in [3.63, 3.8) is 0 Å². The number of para-hydroxylation sites is 1. The summed E-state index contributed by atoms with van der Waals surface area (Å²) >= 11 is 3.40. The van der Waals surface area contributed by atoms with Crippen LogP contribution in [0.4, 0.5) is 11.4 Å². The lowest BCUT2D eigenvalue weighted by molar-refractivity contribution is 0.112. The molecule has 2 nitrogen and oxygen atoms in total. The zero-order valence-corrected chi connectivity index (χ0v) is 11.0. The lowest BCUT2D eigenvalue weighted by atomic mass is 10.1. The van der Waals surface area contributed by atoms with Crippen LogP contribution in [0.15, 0.2) is 46.9 Å². The fraction of sp³-hybridized carbons (Fsp3) is 0.0714. The molecule has 0 radical (unpaired) electrons. The summed E-state index contributed by atoms with van der Waals surface area (Å²) in [6.45, 7) is 2.03. The number of aldehydes is 1. The molecule has 0 saturated heterocycles. The maximum atomic E-state index is 11.0. The van der Waals surface area contributed by atoms with Crippen molar-refractivity contribution >= 4 is 33.6 Å². The second kappa shape index (κ2) is 5.15. The first-order valence-corrected chi connectivity index (χ1v) is 6.07. The highest BCUT2D eigenvalue weighted by molar-refractivity contribution is 9.10. The molecule has 0 unspecified atom stereocenters. The third-order valence-corrected chi connectivity index (χ3v) is 3.05. The molecule has 0 spiro atoms. The van der Waals surface area contributed by atoms with E-state index >= 15 is 0 Å². The van der Waals surface area contributed by atoms with E-state index in [1.54, 1.807) is 6.07 Å². The van der Waals surface area contributed by atoms with Crippen molar-refractivity contribution < 1.29 is 4.79 Å². The summed E-state index contributed by atoms with van der Waals surface area (Å²) in [6, 6.07) is 13.5. The van der Waals surface area contributed by atoms with Crippen LogP contribution in [0.3, 0.4) is 0 Å². The minimum Gasteiger partial charge on any atom is -0.355 e. The first-order chi connectivity index (χ1) is 8.20. The molecule has 0 heterocycles. The van der Waals surface area contributed by atoms with Crippen LogP contribution in [-0.4, -0.2) is 6.29 Å². The third kappa shape index (κ3) is 2.74. The van der Waals surface area contributed by atoms with Crippen molar-refractivity contribution in [2.24, 2.45) is 0 Å². The molecule has 2 rings (SSSR count). The molecule has 17 heavy (non-hydrogen) atoms. The van der Waals surface area contributed by atoms with Crippen molar-refractivity contribution in [3.8, 4) is 0 Å². The topological polar surface area (TPSA) is 29.1 Å². The highest BCUT2D eigenvalue weighted by Gasteiger charge is 2.04. The van der Waals surface area contributed by atoms with Crippen molar-refractivity contribution in [1.82, 2.24) is 0 Å². The minimum atomic E-state index is 0.649. The van der Waals surface area contributed by atoms with E-state index in [0.717, 1.165) is 27.7 Å². The van der Waals surface area contributed by atoms with Gasteiger partial charge in [-0.3, -0.25) is 4.79 Å². The quantitative estimate of drug-likeness (QED) is 0.853. The number of anilines is 2. The van der Waals surface area contributed by atoms with E-state index < -0.39 is 0 Å². The van der Waals surface area contributed by atoms with Gasteiger partial charge in [-0.15, -0.1) is 0 Å². The zero-order valence-electron chi connectivity index (χ0n) is 9.41. The Morgan fingerprint density at radius 3 is 2.59 bits per heavy atom. The number of nitrogens with one attached hydrogen (secondary N) is 1. The first kappa shape index (κ1) is 11.9. The lowest BCUT2D eigenvalue weighted by Gasteiger charge is -2.11. The molecule has 0 fully saturated rings. The van der Waals surface area contributed by atoms with Crippen LogP contribution in [0, 0.1) is 6.92 Å². The average molecular weight is 290 g/mol. The Morgan fingerprint density at radius 2 is 1.88 bits per heavy atom. The molecule has 0 aliphatic rings. The molecule has 0 aliphatic heterocycles. The van der Waals surface area contributed by atoms with E-state index in [1.807, 2.05) is 43.3 Å². The van der Waals surface area contributed by atoms with E-state index in [-0.39, 0.29) is 0 Å². The Labute approximate surface area is 109 Å². The monoisotopic (exact) mass is 289 g/mol. The van der Waals surface area contributed by atoms with E-state index in [4.69, 9.17) is 0 Å². The van der Waals surface area contributed by atoms with Crippen LogP contribution in [0.1, 0.15) is 15.9 Å². The SMILES string of the molecule is Cc1ccccc1Nc1cc(Br)ccc1C=O. The predicted octanol–water partition coefficient (Wildman–Crippen LogP) is 4.31. The van der Waals surface area contributed by atoms with E-state index in [0.29, 0.717) is 5.56 Å². The number of carbonyl (C=O) groups is 1. The third-order valence-electron chi connectivity index (χ3n) is 2.56. The van der Waals surface area contributed by atoms with Crippen molar-refractivity contribution in [2.45, 2.75) is 6.92 Å². The van der Waals surface area contributed by atoms with Gasteiger partial charge in [-0.1, -0.05) is 34.1 Å². The molecule has 2 aromatic rings. The molecule has 86 valence electrons. The van der Waals surface area contributed by atoms with Gasteiger partial charge in [0.1, 0.15) is 0 Å². The maximum absolute atomic E-state index is 11.0. The van der Waals surface area contributed by atoms with Gasteiger partial charge in [0.25, 0.3) is 0 Å². The summed E-state index contributed by atoms with van der Waals surface area (Å²) in [7, 11) is 0. The van der Waals surface area contributed by atoms with Gasteiger partial charge in [-0.25, -0.2) is 0 Å². The molecule has 0 bridgehead atoms. The molecule has 0 saturated carbocycles. The lowest BCUT2D eigenvalue weighted by Crippen LogP contribution is -1.96.